The lowest BCUT2D eigenvalue weighted by molar-refractivity contribution is 0.252. The molecule has 0 aliphatic rings. The molecule has 5 nitrogen and oxygen atoms in total. The highest BCUT2D eigenvalue weighted by molar-refractivity contribution is 5.90. The number of aromatic nitrogens is 2. The van der Waals surface area contributed by atoms with Crippen LogP contribution < -0.4 is 10.6 Å². The van der Waals surface area contributed by atoms with E-state index < -0.39 is 0 Å². The molecule has 2 N–H and O–H groups in total. The molecule has 4 aromatic rings. The third kappa shape index (κ3) is 6.25. The molecule has 0 spiro atoms. The van der Waals surface area contributed by atoms with Gasteiger partial charge in [-0.05, 0) is 77.7 Å². The normalized spacial score (nSPS) is 10.1. The first-order valence-corrected chi connectivity index (χ1v) is 10.4. The van der Waals surface area contributed by atoms with Crippen LogP contribution in [0.4, 0.5) is 14.9 Å². The van der Waals surface area contributed by atoms with Crippen molar-refractivity contribution in [1.29, 1.82) is 0 Å². The number of anilines is 1. The van der Waals surface area contributed by atoms with E-state index in [1.165, 1.54) is 12.1 Å². The number of rotatable bonds is 5. The van der Waals surface area contributed by atoms with Gasteiger partial charge in [0.2, 0.25) is 0 Å². The van der Waals surface area contributed by atoms with Crippen LogP contribution in [0.1, 0.15) is 16.7 Å². The molecular weight excluding hydrogens is 415 g/mol. The highest BCUT2D eigenvalue weighted by Gasteiger charge is 2.08. The van der Waals surface area contributed by atoms with E-state index in [4.69, 9.17) is 0 Å². The summed E-state index contributed by atoms with van der Waals surface area (Å²) in [5, 5.41) is 5.71. The molecule has 2 amide bonds. The molecule has 0 aliphatic carbocycles. The fourth-order valence-corrected chi connectivity index (χ4v) is 3.22. The molecule has 2 aromatic heterocycles. The van der Waals surface area contributed by atoms with Gasteiger partial charge in [0, 0.05) is 48.1 Å². The number of nitrogens with zero attached hydrogens (tertiary/aromatic N) is 2. The van der Waals surface area contributed by atoms with Crippen LogP contribution in [0, 0.1) is 17.7 Å². The van der Waals surface area contributed by atoms with Gasteiger partial charge in [-0.1, -0.05) is 24.0 Å². The Morgan fingerprint density at radius 3 is 2.48 bits per heavy atom. The van der Waals surface area contributed by atoms with E-state index in [1.807, 2.05) is 42.5 Å². The van der Waals surface area contributed by atoms with Crippen LogP contribution in [-0.4, -0.2) is 22.5 Å². The molecular formula is C27H21FN4O. The monoisotopic (exact) mass is 436 g/mol. The first-order valence-electron chi connectivity index (χ1n) is 10.4. The van der Waals surface area contributed by atoms with Crippen molar-refractivity contribution in [3.63, 3.8) is 0 Å². The molecule has 0 aliphatic heterocycles. The molecule has 4 rings (SSSR count). The number of halogens is 1. The lowest BCUT2D eigenvalue weighted by atomic mass is 10.00. The van der Waals surface area contributed by atoms with Crippen LogP contribution in [0.2, 0.25) is 0 Å². The lowest BCUT2D eigenvalue weighted by Gasteiger charge is -2.11. The Bertz CT molecular complexity index is 1280. The third-order valence-corrected chi connectivity index (χ3v) is 4.88. The number of carbonyl (C=O) groups is 1. The van der Waals surface area contributed by atoms with E-state index in [1.54, 1.807) is 36.9 Å². The minimum atomic E-state index is -0.307. The summed E-state index contributed by atoms with van der Waals surface area (Å²) in [5.74, 6) is 5.91. The fraction of sp³-hybridized carbons (Fsp3) is 0.0741. The van der Waals surface area contributed by atoms with Gasteiger partial charge in [-0.3, -0.25) is 9.97 Å². The van der Waals surface area contributed by atoms with Gasteiger partial charge in [0.1, 0.15) is 5.82 Å². The summed E-state index contributed by atoms with van der Waals surface area (Å²) < 4.78 is 13.2. The summed E-state index contributed by atoms with van der Waals surface area (Å²) in [7, 11) is 0. The van der Waals surface area contributed by atoms with Crippen LogP contribution in [-0.2, 0) is 6.42 Å². The molecule has 2 heterocycles. The topological polar surface area (TPSA) is 66.9 Å². The van der Waals surface area contributed by atoms with Crippen molar-refractivity contribution < 1.29 is 9.18 Å². The van der Waals surface area contributed by atoms with E-state index >= 15 is 0 Å². The predicted octanol–water partition coefficient (Wildman–Crippen LogP) is 5.05. The third-order valence-electron chi connectivity index (χ3n) is 4.88. The number of hydrogen-bond acceptors (Lipinski definition) is 3. The molecule has 2 aromatic carbocycles. The SMILES string of the molecule is O=C(NCCc1cccnc1)Nc1ccc(-c2ccncc2)c(C#Cc2ccc(F)cc2)c1. The van der Waals surface area contributed by atoms with E-state index in [-0.39, 0.29) is 11.8 Å². The van der Waals surface area contributed by atoms with E-state index in [2.05, 4.69) is 32.4 Å². The zero-order valence-corrected chi connectivity index (χ0v) is 17.8. The molecule has 0 saturated carbocycles. The van der Waals surface area contributed by atoms with E-state index in [0.717, 1.165) is 22.3 Å². The smallest absolute Gasteiger partial charge is 0.319 e. The van der Waals surface area contributed by atoms with Crippen molar-refractivity contribution in [1.82, 2.24) is 15.3 Å². The standard InChI is InChI=1S/C27H21FN4O/c28-24-7-4-20(5-8-24)3-6-23-18-25(9-10-26(23)22-12-15-29-16-13-22)32-27(33)31-17-11-21-2-1-14-30-19-21/h1-2,4-5,7-10,12-16,18-19H,11,17H2,(H2,31,32,33). The number of urea groups is 1. The summed E-state index contributed by atoms with van der Waals surface area (Å²) in [6, 6.07) is 18.9. The van der Waals surface area contributed by atoms with E-state index in [0.29, 0.717) is 24.2 Å². The fourth-order valence-electron chi connectivity index (χ4n) is 3.22. The van der Waals surface area contributed by atoms with Crippen molar-refractivity contribution in [2.75, 3.05) is 11.9 Å². The molecule has 0 radical (unpaired) electrons. The maximum atomic E-state index is 13.2. The Labute approximate surface area is 191 Å². The minimum absolute atomic E-state index is 0.298. The number of amides is 2. The van der Waals surface area contributed by atoms with Gasteiger partial charge in [-0.2, -0.15) is 0 Å². The van der Waals surface area contributed by atoms with Gasteiger partial charge in [0.05, 0.1) is 0 Å². The van der Waals surface area contributed by atoms with Crippen molar-refractivity contribution in [3.05, 3.63) is 114 Å². The van der Waals surface area contributed by atoms with Gasteiger partial charge in [-0.25, -0.2) is 9.18 Å². The predicted molar refractivity (Wildman–Crippen MR) is 127 cm³/mol. The second kappa shape index (κ2) is 10.7. The first-order chi connectivity index (χ1) is 16.2. The molecule has 162 valence electrons. The van der Waals surface area contributed by atoms with Gasteiger partial charge < -0.3 is 10.6 Å². The second-order valence-corrected chi connectivity index (χ2v) is 7.25. The summed E-state index contributed by atoms with van der Waals surface area (Å²) in [5.41, 5.74) is 4.98. The molecule has 0 unspecified atom stereocenters. The Morgan fingerprint density at radius 1 is 0.909 bits per heavy atom. The largest absolute Gasteiger partial charge is 0.338 e. The Balaban J connectivity index is 1.51. The number of nitrogens with one attached hydrogen (secondary N) is 2. The number of hydrogen-bond donors (Lipinski definition) is 2. The van der Waals surface area contributed by atoms with Crippen LogP contribution in [0.15, 0.2) is 91.5 Å². The molecule has 0 fully saturated rings. The Kier molecular flexibility index (Phi) is 7.04. The minimum Gasteiger partial charge on any atom is -0.338 e. The van der Waals surface area contributed by atoms with Gasteiger partial charge in [0.15, 0.2) is 0 Å². The Hall–Kier alpha value is -4.50. The van der Waals surface area contributed by atoms with E-state index in [9.17, 15) is 9.18 Å². The first kappa shape index (κ1) is 21.7. The van der Waals surface area contributed by atoms with Crippen LogP contribution in [0.3, 0.4) is 0 Å². The maximum Gasteiger partial charge on any atom is 0.319 e. The molecule has 0 bridgehead atoms. The van der Waals surface area contributed by atoms with Gasteiger partial charge in [-0.15, -0.1) is 0 Å². The quantitative estimate of drug-likeness (QED) is 0.431. The van der Waals surface area contributed by atoms with Crippen molar-refractivity contribution in [2.45, 2.75) is 6.42 Å². The lowest BCUT2D eigenvalue weighted by Crippen LogP contribution is -2.30. The van der Waals surface area contributed by atoms with Gasteiger partial charge in [0.25, 0.3) is 0 Å². The van der Waals surface area contributed by atoms with Crippen molar-refractivity contribution in [3.8, 4) is 23.0 Å². The summed E-state index contributed by atoms with van der Waals surface area (Å²) >= 11 is 0. The number of pyridine rings is 2. The molecule has 33 heavy (non-hydrogen) atoms. The summed E-state index contributed by atoms with van der Waals surface area (Å²) in [6.45, 7) is 0.490. The average Bonchev–Trinajstić information content (AvgIpc) is 2.85. The Morgan fingerprint density at radius 2 is 1.73 bits per heavy atom. The van der Waals surface area contributed by atoms with Gasteiger partial charge >= 0.3 is 6.03 Å². The highest BCUT2D eigenvalue weighted by Crippen LogP contribution is 2.25. The van der Waals surface area contributed by atoms with Crippen molar-refractivity contribution >= 4 is 11.7 Å². The second-order valence-electron chi connectivity index (χ2n) is 7.25. The zero-order valence-electron chi connectivity index (χ0n) is 17.8. The molecule has 0 saturated heterocycles. The molecule has 0 atom stereocenters. The van der Waals surface area contributed by atoms with Crippen LogP contribution >= 0.6 is 0 Å². The van der Waals surface area contributed by atoms with Crippen molar-refractivity contribution in [2.24, 2.45) is 0 Å². The van der Waals surface area contributed by atoms with Crippen LogP contribution in [0.5, 0.6) is 0 Å². The summed E-state index contributed by atoms with van der Waals surface area (Å²) in [4.78, 5) is 20.5. The van der Waals surface area contributed by atoms with Crippen LogP contribution in [0.25, 0.3) is 11.1 Å². The highest BCUT2D eigenvalue weighted by atomic mass is 19.1. The summed E-state index contributed by atoms with van der Waals surface area (Å²) in [6.07, 6.45) is 7.62. The zero-order chi connectivity index (χ0) is 22.9. The maximum absolute atomic E-state index is 13.2. The average molecular weight is 436 g/mol. The number of carbonyl (C=O) groups excluding carboxylic acids is 1. The molecule has 6 heteroatoms. The number of benzene rings is 2.